The van der Waals surface area contributed by atoms with E-state index in [0.717, 1.165) is 0 Å². The Hall–Kier alpha value is -2.03. The van der Waals surface area contributed by atoms with Crippen LogP contribution in [0.3, 0.4) is 0 Å². The van der Waals surface area contributed by atoms with Crippen molar-refractivity contribution < 1.29 is 34.2 Å². The van der Waals surface area contributed by atoms with Gasteiger partial charge in [0.05, 0.1) is 19.0 Å². The zero-order valence-corrected chi connectivity index (χ0v) is 15.8. The second-order valence-corrected chi connectivity index (χ2v) is 7.64. The van der Waals surface area contributed by atoms with Crippen molar-refractivity contribution >= 4 is 36.3 Å². The molecular formula is C13H17N6O7PS. The lowest BCUT2D eigenvalue weighted by atomic mass is 10.2. The predicted molar refractivity (Wildman–Crippen MR) is 96.7 cm³/mol. The molecule has 28 heavy (non-hydrogen) atoms. The van der Waals surface area contributed by atoms with Gasteiger partial charge >= 0.3 is 7.82 Å². The van der Waals surface area contributed by atoms with Gasteiger partial charge in [-0.1, -0.05) is 0 Å². The van der Waals surface area contributed by atoms with Crippen molar-refractivity contribution in [1.29, 1.82) is 0 Å². The van der Waals surface area contributed by atoms with Crippen LogP contribution in [0.2, 0.25) is 0 Å². The third-order valence-electron chi connectivity index (χ3n) is 3.77. The minimum atomic E-state index is -4.64. The van der Waals surface area contributed by atoms with E-state index >= 15 is 0 Å². The molecule has 1 aliphatic heterocycles. The van der Waals surface area contributed by atoms with Crippen LogP contribution in [0.5, 0.6) is 0 Å². The number of nitrogen functional groups attached to an aromatic ring is 1. The van der Waals surface area contributed by atoms with Gasteiger partial charge in [0.15, 0.2) is 5.65 Å². The number of ether oxygens (including phenoxy) is 1. The molecule has 0 aromatic carbocycles. The van der Waals surface area contributed by atoms with E-state index in [0.29, 0.717) is 28.3 Å². The number of phosphoric acid groups is 1. The van der Waals surface area contributed by atoms with Crippen molar-refractivity contribution in [3.63, 3.8) is 0 Å². The van der Waals surface area contributed by atoms with Gasteiger partial charge in [-0.2, -0.15) is 4.98 Å². The molecule has 0 aliphatic carbocycles. The monoisotopic (exact) mass is 432 g/mol. The molecule has 4 heterocycles. The fourth-order valence-electron chi connectivity index (χ4n) is 2.68. The van der Waals surface area contributed by atoms with Gasteiger partial charge in [0, 0.05) is 18.0 Å². The molecule has 13 nitrogen and oxygen atoms in total. The number of imidazole rings is 1. The highest BCUT2D eigenvalue weighted by molar-refractivity contribution is 7.45. The van der Waals surface area contributed by atoms with Crippen molar-refractivity contribution in [2.75, 3.05) is 12.3 Å². The molecule has 0 spiro atoms. The van der Waals surface area contributed by atoms with Crippen molar-refractivity contribution in [2.45, 2.75) is 24.9 Å². The minimum Gasteiger partial charge on any atom is -0.394 e. The fourth-order valence-corrected chi connectivity index (χ4v) is 3.31. The SMILES string of the molecule is Nc1nc(-c2nccs2)c2ncn([C@H]3C[C@H](O)[C@@H](CO)O3)c2n1.O=P(O)(O)O. The van der Waals surface area contributed by atoms with Gasteiger partial charge in [0.2, 0.25) is 5.95 Å². The molecule has 3 aromatic heterocycles. The van der Waals surface area contributed by atoms with Gasteiger partial charge < -0.3 is 35.4 Å². The van der Waals surface area contributed by atoms with Crippen LogP contribution in [0.25, 0.3) is 21.9 Å². The standard InChI is InChI=1S/C13H14N6O3S.H3O4P/c14-13-17-10(12-15-1-2-23-12)9-11(18-13)19(5-16-9)8-3-6(21)7(4-20)22-8;1-5(2,3)4/h1-2,5-8,20-21H,3-4H2,(H2,14,17,18);(H3,1,2,3,4)/t6-,7+,8+;/m0./s1. The number of aromatic nitrogens is 5. The Morgan fingerprint density at radius 3 is 2.61 bits per heavy atom. The van der Waals surface area contributed by atoms with Gasteiger partial charge in [-0.3, -0.25) is 4.57 Å². The first-order chi connectivity index (χ1) is 13.2. The Balaban J connectivity index is 0.000000403. The molecule has 0 amide bonds. The number of rotatable bonds is 3. The molecule has 152 valence electrons. The largest absolute Gasteiger partial charge is 0.466 e. The zero-order chi connectivity index (χ0) is 20.5. The van der Waals surface area contributed by atoms with E-state index in [1.165, 1.54) is 11.3 Å². The normalized spacial score (nSPS) is 22.2. The molecular weight excluding hydrogens is 415 g/mol. The number of nitrogens with zero attached hydrogens (tertiary/aromatic N) is 5. The summed E-state index contributed by atoms with van der Waals surface area (Å²) in [5, 5.41) is 21.7. The van der Waals surface area contributed by atoms with Gasteiger partial charge in [-0.05, 0) is 0 Å². The van der Waals surface area contributed by atoms with Crippen LogP contribution in [-0.2, 0) is 9.30 Å². The van der Waals surface area contributed by atoms with Crippen LogP contribution in [0.4, 0.5) is 5.95 Å². The zero-order valence-electron chi connectivity index (χ0n) is 14.1. The molecule has 3 aromatic rings. The molecule has 1 fully saturated rings. The third kappa shape index (κ3) is 4.68. The number of nitrogens with two attached hydrogens (primary N) is 1. The van der Waals surface area contributed by atoms with E-state index in [-0.39, 0.29) is 12.6 Å². The Morgan fingerprint density at radius 2 is 2.04 bits per heavy atom. The summed E-state index contributed by atoms with van der Waals surface area (Å²) in [7, 11) is -4.64. The molecule has 7 N–H and O–H groups in total. The first-order valence-corrected chi connectivity index (χ1v) is 10.2. The maximum absolute atomic E-state index is 9.91. The quantitative estimate of drug-likeness (QED) is 0.282. The summed E-state index contributed by atoms with van der Waals surface area (Å²) in [5.74, 6) is 0.113. The maximum atomic E-state index is 9.91. The van der Waals surface area contributed by atoms with Crippen LogP contribution >= 0.6 is 19.2 Å². The highest BCUT2D eigenvalue weighted by atomic mass is 32.1. The van der Waals surface area contributed by atoms with E-state index in [9.17, 15) is 10.2 Å². The van der Waals surface area contributed by atoms with Crippen molar-refractivity contribution in [2.24, 2.45) is 0 Å². The van der Waals surface area contributed by atoms with Crippen LogP contribution in [-0.4, -0.2) is 68.2 Å². The summed E-state index contributed by atoms with van der Waals surface area (Å²) in [6.45, 7) is -0.244. The first kappa shape index (κ1) is 20.7. The van der Waals surface area contributed by atoms with Crippen molar-refractivity contribution in [3.8, 4) is 10.7 Å². The number of fused-ring (bicyclic) bond motifs is 1. The molecule has 3 atom stereocenters. The molecule has 0 bridgehead atoms. The number of anilines is 1. The fraction of sp³-hybridized carbons (Fsp3) is 0.385. The number of aliphatic hydroxyl groups excluding tert-OH is 2. The van der Waals surface area contributed by atoms with Crippen LogP contribution in [0.1, 0.15) is 12.6 Å². The smallest absolute Gasteiger partial charge is 0.394 e. The van der Waals surface area contributed by atoms with Crippen LogP contribution in [0.15, 0.2) is 17.9 Å². The molecule has 0 unspecified atom stereocenters. The average Bonchev–Trinajstić information content (AvgIpc) is 3.31. The van der Waals surface area contributed by atoms with E-state index in [1.807, 2.05) is 5.38 Å². The van der Waals surface area contributed by atoms with E-state index < -0.39 is 26.3 Å². The summed E-state index contributed by atoms with van der Waals surface area (Å²) in [6.07, 6.45) is 1.78. The Kier molecular flexibility index (Phi) is 6.02. The Bertz CT molecular complexity index is 985. The predicted octanol–water partition coefficient (Wildman–Crippen LogP) is -0.756. The van der Waals surface area contributed by atoms with E-state index in [4.69, 9.17) is 29.7 Å². The lowest BCUT2D eigenvalue weighted by Crippen LogP contribution is -2.24. The molecule has 15 heteroatoms. The van der Waals surface area contributed by atoms with Gasteiger partial charge in [0.1, 0.15) is 28.6 Å². The highest BCUT2D eigenvalue weighted by Crippen LogP contribution is 2.33. The Labute approximate surface area is 161 Å². The summed E-state index contributed by atoms with van der Waals surface area (Å²) >= 11 is 1.43. The number of thiazole rings is 1. The second kappa shape index (κ2) is 8.14. The van der Waals surface area contributed by atoms with Gasteiger partial charge in [-0.15, -0.1) is 11.3 Å². The van der Waals surface area contributed by atoms with Gasteiger partial charge in [0.25, 0.3) is 0 Å². The average molecular weight is 432 g/mol. The molecule has 4 rings (SSSR count). The molecule has 0 radical (unpaired) electrons. The third-order valence-corrected chi connectivity index (χ3v) is 4.55. The lowest BCUT2D eigenvalue weighted by Gasteiger charge is -2.13. The summed E-state index contributed by atoms with van der Waals surface area (Å²) in [4.78, 5) is 38.6. The van der Waals surface area contributed by atoms with Gasteiger partial charge in [-0.25, -0.2) is 19.5 Å². The topological polar surface area (TPSA) is 210 Å². The summed E-state index contributed by atoms with van der Waals surface area (Å²) in [5.41, 5.74) is 7.47. The van der Waals surface area contributed by atoms with E-state index in [2.05, 4.69) is 19.9 Å². The molecule has 0 saturated carbocycles. The molecule has 1 aliphatic rings. The number of hydrogen-bond acceptors (Lipinski definition) is 10. The second-order valence-electron chi connectivity index (χ2n) is 5.72. The number of aliphatic hydroxyl groups is 2. The van der Waals surface area contributed by atoms with Crippen molar-refractivity contribution in [1.82, 2.24) is 24.5 Å². The highest BCUT2D eigenvalue weighted by Gasteiger charge is 2.35. The first-order valence-electron chi connectivity index (χ1n) is 7.80. The summed E-state index contributed by atoms with van der Waals surface area (Å²) in [6, 6.07) is 0. The minimum absolute atomic E-state index is 0.113. The molecule has 1 saturated heterocycles. The Morgan fingerprint density at radius 1 is 1.32 bits per heavy atom. The van der Waals surface area contributed by atoms with E-state index in [1.54, 1.807) is 17.1 Å². The lowest BCUT2D eigenvalue weighted by molar-refractivity contribution is -0.0432. The summed E-state index contributed by atoms with van der Waals surface area (Å²) < 4.78 is 16.2. The van der Waals surface area contributed by atoms with Crippen LogP contribution in [0, 0.1) is 0 Å². The number of hydrogen-bond donors (Lipinski definition) is 6. The maximum Gasteiger partial charge on any atom is 0.466 e. The van der Waals surface area contributed by atoms with Crippen LogP contribution < -0.4 is 5.73 Å². The van der Waals surface area contributed by atoms with Crippen molar-refractivity contribution in [3.05, 3.63) is 17.9 Å².